The Morgan fingerprint density at radius 2 is 2.16 bits per heavy atom. The molecule has 2 saturated heterocycles. The lowest BCUT2D eigenvalue weighted by atomic mass is 10.0. The Balaban J connectivity index is 1.59. The number of aryl methyl sites for hydroxylation is 2. The minimum Gasteiger partial charge on any atom is -0.336 e. The zero-order valence-electron chi connectivity index (χ0n) is 14.5. The number of carbonyl (C=O) groups excluding carboxylic acids is 2. The van der Waals surface area contributed by atoms with Crippen molar-refractivity contribution < 1.29 is 9.59 Å². The van der Waals surface area contributed by atoms with E-state index < -0.39 is 0 Å². The molecular weight excluding hydrogens is 320 g/mol. The van der Waals surface area contributed by atoms with Crippen molar-refractivity contribution in [2.24, 2.45) is 0 Å². The van der Waals surface area contributed by atoms with E-state index in [9.17, 15) is 9.59 Å². The Morgan fingerprint density at radius 3 is 2.92 bits per heavy atom. The average Bonchev–Trinajstić information content (AvgIpc) is 3.20. The normalized spacial score (nSPS) is 21.0. The summed E-state index contributed by atoms with van der Waals surface area (Å²) in [5.41, 5.74) is 2.94. The molecule has 1 unspecified atom stereocenters. The summed E-state index contributed by atoms with van der Waals surface area (Å²) in [7, 11) is 0. The molecule has 0 spiro atoms. The molecule has 25 heavy (non-hydrogen) atoms. The SMILES string of the molecule is Cc1cc(C)n2ncc(C(=O)N3CCCC(N4CCNC4=O)C3)c2n1. The molecule has 8 nitrogen and oxygen atoms in total. The minimum absolute atomic E-state index is 0.0248. The number of fused-ring (bicyclic) bond motifs is 1. The van der Waals surface area contributed by atoms with Crippen LogP contribution < -0.4 is 5.32 Å². The van der Waals surface area contributed by atoms with Gasteiger partial charge in [0.05, 0.1) is 12.2 Å². The van der Waals surface area contributed by atoms with Gasteiger partial charge in [0, 0.05) is 37.6 Å². The highest BCUT2D eigenvalue weighted by Gasteiger charge is 2.33. The second kappa shape index (κ2) is 6.02. The zero-order chi connectivity index (χ0) is 17.6. The number of urea groups is 1. The maximum absolute atomic E-state index is 13.1. The van der Waals surface area contributed by atoms with Gasteiger partial charge in [0.2, 0.25) is 0 Å². The molecule has 0 saturated carbocycles. The molecule has 3 amide bonds. The van der Waals surface area contributed by atoms with Crippen LogP contribution in [0.2, 0.25) is 0 Å². The molecule has 2 aliphatic rings. The predicted molar refractivity (Wildman–Crippen MR) is 91.5 cm³/mol. The van der Waals surface area contributed by atoms with Crippen molar-refractivity contribution in [3.63, 3.8) is 0 Å². The number of nitrogens with one attached hydrogen (secondary N) is 1. The molecule has 0 aliphatic carbocycles. The van der Waals surface area contributed by atoms with E-state index in [1.54, 1.807) is 10.7 Å². The van der Waals surface area contributed by atoms with Gasteiger partial charge in [-0.3, -0.25) is 4.79 Å². The van der Waals surface area contributed by atoms with E-state index in [-0.39, 0.29) is 18.0 Å². The molecule has 2 fully saturated rings. The monoisotopic (exact) mass is 342 g/mol. The van der Waals surface area contributed by atoms with Gasteiger partial charge in [0.1, 0.15) is 5.56 Å². The van der Waals surface area contributed by atoms with Crippen LogP contribution in [-0.4, -0.2) is 68.6 Å². The molecule has 2 aliphatic heterocycles. The van der Waals surface area contributed by atoms with Crippen molar-refractivity contribution in [1.82, 2.24) is 29.7 Å². The van der Waals surface area contributed by atoms with Crippen molar-refractivity contribution >= 4 is 17.6 Å². The molecule has 1 atom stereocenters. The number of aromatic nitrogens is 3. The van der Waals surface area contributed by atoms with Gasteiger partial charge in [0.15, 0.2) is 5.65 Å². The van der Waals surface area contributed by atoms with E-state index >= 15 is 0 Å². The molecule has 4 rings (SSSR count). The molecule has 132 valence electrons. The van der Waals surface area contributed by atoms with E-state index in [4.69, 9.17) is 0 Å². The Bertz CT molecular complexity index is 845. The van der Waals surface area contributed by atoms with Crippen LogP contribution in [-0.2, 0) is 0 Å². The maximum atomic E-state index is 13.1. The molecule has 2 aromatic heterocycles. The second-order valence-electron chi connectivity index (χ2n) is 6.81. The number of hydrogen-bond donors (Lipinski definition) is 1. The lowest BCUT2D eigenvalue weighted by molar-refractivity contribution is 0.0636. The summed E-state index contributed by atoms with van der Waals surface area (Å²) in [5, 5.41) is 7.15. The third kappa shape index (κ3) is 2.71. The number of rotatable bonds is 2. The first kappa shape index (κ1) is 15.9. The van der Waals surface area contributed by atoms with Gasteiger partial charge in [0.25, 0.3) is 5.91 Å². The number of likely N-dealkylation sites (tertiary alicyclic amines) is 1. The van der Waals surface area contributed by atoms with Crippen LogP contribution in [0.1, 0.15) is 34.6 Å². The first-order valence-electron chi connectivity index (χ1n) is 8.70. The summed E-state index contributed by atoms with van der Waals surface area (Å²) < 4.78 is 1.70. The minimum atomic E-state index is -0.0585. The maximum Gasteiger partial charge on any atom is 0.317 e. The topological polar surface area (TPSA) is 82.8 Å². The predicted octanol–water partition coefficient (Wildman–Crippen LogP) is 0.976. The van der Waals surface area contributed by atoms with Gasteiger partial charge in [-0.05, 0) is 32.8 Å². The van der Waals surface area contributed by atoms with Gasteiger partial charge in [-0.25, -0.2) is 14.3 Å². The van der Waals surface area contributed by atoms with E-state index in [1.165, 1.54) is 0 Å². The first-order valence-corrected chi connectivity index (χ1v) is 8.70. The standard InChI is InChI=1S/C17H22N6O2/c1-11-8-12(2)23-15(20-11)14(9-19-23)16(24)21-6-3-4-13(10-21)22-7-5-18-17(22)25/h8-9,13H,3-7,10H2,1-2H3,(H,18,25). The summed E-state index contributed by atoms with van der Waals surface area (Å²) in [6.45, 7) is 6.52. The van der Waals surface area contributed by atoms with Crippen LogP contribution in [0.5, 0.6) is 0 Å². The molecule has 4 heterocycles. The highest BCUT2D eigenvalue weighted by molar-refractivity contribution is 5.99. The Hall–Kier alpha value is -2.64. The number of nitrogens with zero attached hydrogens (tertiary/aromatic N) is 5. The molecule has 0 aromatic carbocycles. The van der Waals surface area contributed by atoms with Crippen LogP contribution in [0, 0.1) is 13.8 Å². The van der Waals surface area contributed by atoms with Crippen LogP contribution in [0.3, 0.4) is 0 Å². The summed E-state index contributed by atoms with van der Waals surface area (Å²) in [6, 6.07) is 2.00. The number of amides is 3. The second-order valence-corrected chi connectivity index (χ2v) is 6.81. The summed E-state index contributed by atoms with van der Waals surface area (Å²) in [6.07, 6.45) is 3.43. The summed E-state index contributed by atoms with van der Waals surface area (Å²) in [5.74, 6) is -0.0585. The Kier molecular flexibility index (Phi) is 3.82. The Morgan fingerprint density at radius 1 is 1.32 bits per heavy atom. The number of hydrogen-bond acceptors (Lipinski definition) is 4. The lowest BCUT2D eigenvalue weighted by Crippen LogP contribution is -2.50. The van der Waals surface area contributed by atoms with E-state index in [2.05, 4.69) is 15.4 Å². The third-order valence-electron chi connectivity index (χ3n) is 5.02. The van der Waals surface area contributed by atoms with Crippen molar-refractivity contribution in [1.29, 1.82) is 0 Å². The average molecular weight is 342 g/mol. The van der Waals surface area contributed by atoms with Crippen molar-refractivity contribution in [2.75, 3.05) is 26.2 Å². The van der Waals surface area contributed by atoms with Gasteiger partial charge < -0.3 is 15.1 Å². The first-order chi connectivity index (χ1) is 12.0. The molecule has 2 aromatic rings. The van der Waals surface area contributed by atoms with Crippen molar-refractivity contribution in [3.05, 3.63) is 29.2 Å². The summed E-state index contributed by atoms with van der Waals surface area (Å²) >= 11 is 0. The quantitative estimate of drug-likeness (QED) is 0.882. The molecule has 0 bridgehead atoms. The highest BCUT2D eigenvalue weighted by Crippen LogP contribution is 2.21. The molecule has 8 heteroatoms. The zero-order valence-corrected chi connectivity index (χ0v) is 14.5. The van der Waals surface area contributed by atoms with E-state index in [0.717, 1.165) is 24.2 Å². The number of carbonyl (C=O) groups is 2. The fraction of sp³-hybridized carbons (Fsp3) is 0.529. The lowest BCUT2D eigenvalue weighted by Gasteiger charge is -2.36. The fourth-order valence-corrected chi connectivity index (χ4v) is 3.82. The highest BCUT2D eigenvalue weighted by atomic mass is 16.2. The smallest absolute Gasteiger partial charge is 0.317 e. The van der Waals surface area contributed by atoms with Crippen LogP contribution in [0.15, 0.2) is 12.3 Å². The third-order valence-corrected chi connectivity index (χ3v) is 5.02. The number of piperidine rings is 1. The Labute approximate surface area is 145 Å². The van der Waals surface area contributed by atoms with Crippen molar-refractivity contribution in [3.8, 4) is 0 Å². The van der Waals surface area contributed by atoms with Crippen LogP contribution in [0.25, 0.3) is 5.65 Å². The van der Waals surface area contributed by atoms with Crippen molar-refractivity contribution in [2.45, 2.75) is 32.7 Å². The van der Waals surface area contributed by atoms with Crippen LogP contribution >= 0.6 is 0 Å². The van der Waals surface area contributed by atoms with Gasteiger partial charge in [-0.15, -0.1) is 0 Å². The molecular formula is C17H22N6O2. The van der Waals surface area contributed by atoms with Gasteiger partial charge >= 0.3 is 6.03 Å². The van der Waals surface area contributed by atoms with Crippen LogP contribution in [0.4, 0.5) is 4.79 Å². The molecule has 0 radical (unpaired) electrons. The van der Waals surface area contributed by atoms with Gasteiger partial charge in [-0.2, -0.15) is 5.10 Å². The van der Waals surface area contributed by atoms with E-state index in [1.807, 2.05) is 29.7 Å². The molecule has 1 N–H and O–H groups in total. The van der Waals surface area contributed by atoms with Gasteiger partial charge in [-0.1, -0.05) is 0 Å². The summed E-state index contributed by atoms with van der Waals surface area (Å²) in [4.78, 5) is 33.1. The van der Waals surface area contributed by atoms with E-state index in [0.29, 0.717) is 37.4 Å². The fourth-order valence-electron chi connectivity index (χ4n) is 3.82. The largest absolute Gasteiger partial charge is 0.336 e.